The highest BCUT2D eigenvalue weighted by Crippen LogP contribution is 2.29. The molecule has 0 aliphatic heterocycles. The first-order valence-electron chi connectivity index (χ1n) is 7.77. The van der Waals surface area contributed by atoms with Gasteiger partial charge in [-0.1, -0.05) is 12.8 Å². The van der Waals surface area contributed by atoms with Crippen LogP contribution in [0.25, 0.3) is 0 Å². The summed E-state index contributed by atoms with van der Waals surface area (Å²) in [5.74, 6) is 0.782. The van der Waals surface area contributed by atoms with Gasteiger partial charge < -0.3 is 15.7 Å². The second-order valence-corrected chi connectivity index (χ2v) is 6.72. The topological polar surface area (TPSA) is 69.5 Å². The maximum absolute atomic E-state index is 10.3. The van der Waals surface area contributed by atoms with E-state index >= 15 is 0 Å². The van der Waals surface area contributed by atoms with Crippen molar-refractivity contribution in [2.24, 2.45) is 4.99 Å². The third-order valence-corrected chi connectivity index (χ3v) is 4.57. The molecule has 0 spiro atoms. The Bertz CT molecular complexity index is 466. The van der Waals surface area contributed by atoms with Gasteiger partial charge in [-0.25, -0.2) is 4.98 Å². The van der Waals surface area contributed by atoms with E-state index < -0.39 is 5.60 Å². The van der Waals surface area contributed by atoms with Crippen molar-refractivity contribution >= 4 is 17.3 Å². The van der Waals surface area contributed by atoms with Crippen LogP contribution in [-0.2, 0) is 6.42 Å². The zero-order valence-electron chi connectivity index (χ0n) is 13.0. The number of hydrogen-bond donors (Lipinski definition) is 3. The van der Waals surface area contributed by atoms with Gasteiger partial charge in [-0.05, 0) is 26.7 Å². The zero-order chi connectivity index (χ0) is 15.1. The predicted molar refractivity (Wildman–Crippen MR) is 88.0 cm³/mol. The summed E-state index contributed by atoms with van der Waals surface area (Å²) >= 11 is 1.68. The normalized spacial score (nSPS) is 18.0. The Hall–Kier alpha value is -1.14. The maximum atomic E-state index is 10.3. The molecule has 1 saturated carbocycles. The molecule has 0 amide bonds. The van der Waals surface area contributed by atoms with Crippen molar-refractivity contribution in [3.63, 3.8) is 0 Å². The second kappa shape index (κ2) is 7.75. The van der Waals surface area contributed by atoms with E-state index in [1.807, 2.05) is 13.8 Å². The highest BCUT2D eigenvalue weighted by Gasteiger charge is 2.30. The van der Waals surface area contributed by atoms with Gasteiger partial charge in [-0.2, -0.15) is 0 Å². The molecule has 1 fully saturated rings. The summed E-state index contributed by atoms with van der Waals surface area (Å²) in [4.78, 5) is 8.98. The summed E-state index contributed by atoms with van der Waals surface area (Å²) in [6, 6.07) is 0. The minimum atomic E-state index is -0.589. The fraction of sp³-hybridized carbons (Fsp3) is 0.733. The van der Waals surface area contributed by atoms with Gasteiger partial charge in [0.25, 0.3) is 0 Å². The van der Waals surface area contributed by atoms with E-state index in [0.717, 1.165) is 61.9 Å². The van der Waals surface area contributed by atoms with E-state index in [1.165, 1.54) is 0 Å². The Morgan fingerprint density at radius 2 is 2.19 bits per heavy atom. The number of rotatable bonds is 6. The molecule has 21 heavy (non-hydrogen) atoms. The van der Waals surface area contributed by atoms with Crippen molar-refractivity contribution < 1.29 is 5.11 Å². The number of hydrogen-bond acceptors (Lipinski definition) is 4. The van der Waals surface area contributed by atoms with E-state index in [-0.39, 0.29) is 0 Å². The lowest BCUT2D eigenvalue weighted by Crippen LogP contribution is -2.40. The van der Waals surface area contributed by atoms with Crippen molar-refractivity contribution in [1.29, 1.82) is 0 Å². The number of nitrogens with zero attached hydrogens (tertiary/aromatic N) is 2. The maximum Gasteiger partial charge on any atom is 0.191 e. The SMILES string of the molecule is CCNC(=NCC1(O)CCCC1)NCCc1csc(C)n1. The highest BCUT2D eigenvalue weighted by atomic mass is 32.1. The molecule has 1 aliphatic carbocycles. The monoisotopic (exact) mass is 310 g/mol. The largest absolute Gasteiger partial charge is 0.388 e. The van der Waals surface area contributed by atoms with Gasteiger partial charge in [0.05, 0.1) is 22.8 Å². The molecule has 3 N–H and O–H groups in total. The van der Waals surface area contributed by atoms with Crippen LogP contribution in [0.3, 0.4) is 0 Å². The molecule has 2 rings (SSSR count). The molecule has 6 heteroatoms. The Morgan fingerprint density at radius 1 is 1.43 bits per heavy atom. The lowest BCUT2D eigenvalue weighted by atomic mass is 10.0. The van der Waals surface area contributed by atoms with Crippen LogP contribution in [0.2, 0.25) is 0 Å². The van der Waals surface area contributed by atoms with Crippen molar-refractivity contribution in [3.8, 4) is 0 Å². The fourth-order valence-electron chi connectivity index (χ4n) is 2.59. The summed E-state index contributed by atoms with van der Waals surface area (Å²) in [5.41, 5.74) is 0.532. The molecule has 118 valence electrons. The number of aromatic nitrogens is 1. The molecule has 0 aromatic carbocycles. The molecule has 1 aromatic rings. The molecule has 0 saturated heterocycles. The highest BCUT2D eigenvalue weighted by molar-refractivity contribution is 7.09. The predicted octanol–water partition coefficient (Wildman–Crippen LogP) is 1.85. The molecule has 0 radical (unpaired) electrons. The summed E-state index contributed by atoms with van der Waals surface area (Å²) in [5, 5.41) is 20.1. The Kier molecular flexibility index (Phi) is 5.99. The Balaban J connectivity index is 1.80. The van der Waals surface area contributed by atoms with Gasteiger partial charge >= 0.3 is 0 Å². The van der Waals surface area contributed by atoms with Gasteiger partial charge in [0.1, 0.15) is 0 Å². The lowest BCUT2D eigenvalue weighted by molar-refractivity contribution is 0.0574. The van der Waals surface area contributed by atoms with Crippen LogP contribution in [0, 0.1) is 6.92 Å². The number of aliphatic hydroxyl groups is 1. The molecule has 5 nitrogen and oxygen atoms in total. The second-order valence-electron chi connectivity index (χ2n) is 5.66. The standard InChI is InChI=1S/C15H26N4OS/c1-3-16-14(18-11-15(20)7-4-5-8-15)17-9-6-13-10-21-12(2)19-13/h10,20H,3-9,11H2,1-2H3,(H2,16,17,18). The van der Waals surface area contributed by atoms with E-state index in [1.54, 1.807) is 11.3 Å². The van der Waals surface area contributed by atoms with Crippen LogP contribution in [0.4, 0.5) is 0 Å². The summed E-state index contributed by atoms with van der Waals surface area (Å²) in [7, 11) is 0. The lowest BCUT2D eigenvalue weighted by Gasteiger charge is -2.20. The van der Waals surface area contributed by atoms with Crippen LogP contribution >= 0.6 is 11.3 Å². The first-order valence-corrected chi connectivity index (χ1v) is 8.65. The number of aliphatic imine (C=N–C) groups is 1. The molecule has 1 heterocycles. The first kappa shape index (κ1) is 16.2. The minimum absolute atomic E-state index is 0.484. The van der Waals surface area contributed by atoms with Crippen LogP contribution in [0.15, 0.2) is 10.4 Å². The van der Waals surface area contributed by atoms with Crippen LogP contribution in [-0.4, -0.2) is 41.3 Å². The third-order valence-electron chi connectivity index (χ3n) is 3.75. The van der Waals surface area contributed by atoms with Crippen LogP contribution in [0.1, 0.15) is 43.3 Å². The van der Waals surface area contributed by atoms with E-state index in [0.29, 0.717) is 6.54 Å². The zero-order valence-corrected chi connectivity index (χ0v) is 13.8. The number of nitrogens with one attached hydrogen (secondary N) is 2. The van der Waals surface area contributed by atoms with Crippen molar-refractivity contribution in [2.75, 3.05) is 19.6 Å². The molecule has 1 aliphatic rings. The van der Waals surface area contributed by atoms with Crippen molar-refractivity contribution in [1.82, 2.24) is 15.6 Å². The van der Waals surface area contributed by atoms with Gasteiger partial charge in [0, 0.05) is 24.9 Å². The van der Waals surface area contributed by atoms with Crippen molar-refractivity contribution in [3.05, 3.63) is 16.1 Å². The molecule has 0 atom stereocenters. The summed E-state index contributed by atoms with van der Waals surface area (Å²) < 4.78 is 0. The molecule has 0 unspecified atom stereocenters. The molecular weight excluding hydrogens is 284 g/mol. The van der Waals surface area contributed by atoms with Gasteiger partial charge in [0.15, 0.2) is 5.96 Å². The Labute approximate surface area is 130 Å². The number of aryl methyl sites for hydroxylation is 1. The fourth-order valence-corrected chi connectivity index (χ4v) is 3.24. The van der Waals surface area contributed by atoms with Gasteiger partial charge in [-0.15, -0.1) is 11.3 Å². The van der Waals surface area contributed by atoms with Gasteiger partial charge in [-0.3, -0.25) is 4.99 Å². The third kappa shape index (κ3) is 5.28. The van der Waals surface area contributed by atoms with E-state index in [9.17, 15) is 5.11 Å². The molecular formula is C15H26N4OS. The number of thiazole rings is 1. The van der Waals surface area contributed by atoms with Crippen LogP contribution < -0.4 is 10.6 Å². The summed E-state index contributed by atoms with van der Waals surface area (Å²) in [6.45, 7) is 6.17. The van der Waals surface area contributed by atoms with E-state index in [2.05, 4.69) is 26.0 Å². The molecule has 0 bridgehead atoms. The summed E-state index contributed by atoms with van der Waals surface area (Å²) in [6.07, 6.45) is 4.85. The quantitative estimate of drug-likeness (QED) is 0.554. The smallest absolute Gasteiger partial charge is 0.191 e. The van der Waals surface area contributed by atoms with Gasteiger partial charge in [0.2, 0.25) is 0 Å². The van der Waals surface area contributed by atoms with Crippen molar-refractivity contribution in [2.45, 2.75) is 51.6 Å². The van der Waals surface area contributed by atoms with E-state index in [4.69, 9.17) is 0 Å². The first-order chi connectivity index (χ1) is 10.1. The van der Waals surface area contributed by atoms with Crippen LogP contribution in [0.5, 0.6) is 0 Å². The average molecular weight is 310 g/mol. The Morgan fingerprint density at radius 3 is 2.81 bits per heavy atom. The molecule has 1 aromatic heterocycles. The average Bonchev–Trinajstić information content (AvgIpc) is 3.06. The minimum Gasteiger partial charge on any atom is -0.388 e. The number of guanidine groups is 1.